The average molecular weight is 499 g/mol. The Morgan fingerprint density at radius 1 is 1.12 bits per heavy atom. The van der Waals surface area contributed by atoms with Crippen LogP contribution >= 0.6 is 11.6 Å². The molecule has 0 unspecified atom stereocenters. The van der Waals surface area contributed by atoms with Crippen LogP contribution in [0.4, 0.5) is 0 Å². The van der Waals surface area contributed by atoms with Gasteiger partial charge < -0.3 is 28.8 Å². The third-order valence-electron chi connectivity index (χ3n) is 9.00. The molecule has 1 spiro atoms. The lowest BCUT2D eigenvalue weighted by Crippen LogP contribution is -2.73. The highest BCUT2D eigenvalue weighted by Crippen LogP contribution is 2.66. The van der Waals surface area contributed by atoms with Gasteiger partial charge in [-0.1, -0.05) is 13.5 Å². The predicted molar refractivity (Wildman–Crippen MR) is 117 cm³/mol. The molecule has 0 aromatic carbocycles. The smallest absolute Gasteiger partial charge is 0.312 e. The summed E-state index contributed by atoms with van der Waals surface area (Å²) in [4.78, 5) is 37.1. The zero-order chi connectivity index (χ0) is 25.0. The SMILES string of the molecule is C=C1[C@@H]2C[C@H](OC(C)=O)[C@]3(C)[C@@H](OC(C)=O)C[C@H]4O[C@@]4(C)[C@@H]3[C@@H](O)[C@]3(O2)[C@@H](C)C(=O)O[C@H]3[C@H]1Cl. The van der Waals surface area contributed by atoms with Gasteiger partial charge in [-0.25, -0.2) is 0 Å². The van der Waals surface area contributed by atoms with E-state index in [0.717, 1.165) is 0 Å². The fraction of sp³-hybridized carbons (Fsp3) is 0.792. The number of carbonyl (C=O) groups is 3. The van der Waals surface area contributed by atoms with E-state index in [0.29, 0.717) is 12.0 Å². The van der Waals surface area contributed by atoms with Gasteiger partial charge in [-0.3, -0.25) is 14.4 Å². The standard InChI is InChI=1S/C24H31ClO9/c1-9-13-7-14(30-11(3)26)22(5)15(31-12(4)27)8-16-23(6,34-16)18(22)19(28)24(33-13)10(2)21(29)32-20(24)17(9)25/h10,13-20,28H,1,7-8H2,2-6H3/t10-,13-,14-,15-,16+,17-,18+,19+,20-,22+,23+,24+/m0/s1. The predicted octanol–water partition coefficient (Wildman–Crippen LogP) is 1.66. The number of carbonyl (C=O) groups excluding carboxylic acids is 3. The summed E-state index contributed by atoms with van der Waals surface area (Å²) in [5, 5.41) is 11.4. The van der Waals surface area contributed by atoms with Gasteiger partial charge in [0, 0.05) is 32.6 Å². The molecule has 0 radical (unpaired) electrons. The van der Waals surface area contributed by atoms with Crippen LogP contribution in [0.15, 0.2) is 12.2 Å². The van der Waals surface area contributed by atoms with Crippen molar-refractivity contribution in [2.75, 3.05) is 0 Å². The molecule has 5 fully saturated rings. The first-order valence-corrected chi connectivity index (χ1v) is 12.1. The first-order chi connectivity index (χ1) is 15.8. The van der Waals surface area contributed by atoms with Gasteiger partial charge in [0.15, 0.2) is 6.10 Å². The molecular formula is C24H31ClO9. The van der Waals surface area contributed by atoms with Gasteiger partial charge >= 0.3 is 17.9 Å². The third-order valence-corrected chi connectivity index (χ3v) is 9.51. The minimum absolute atomic E-state index is 0.162. The second-order valence-corrected chi connectivity index (χ2v) is 11.2. The molecular weight excluding hydrogens is 468 g/mol. The zero-order valence-corrected chi connectivity index (χ0v) is 20.7. The Morgan fingerprint density at radius 2 is 1.71 bits per heavy atom. The van der Waals surface area contributed by atoms with Crippen molar-refractivity contribution in [2.24, 2.45) is 17.3 Å². The van der Waals surface area contributed by atoms with Gasteiger partial charge in [0.1, 0.15) is 17.8 Å². The third kappa shape index (κ3) is 2.93. The van der Waals surface area contributed by atoms with Gasteiger partial charge in [0.2, 0.25) is 0 Å². The summed E-state index contributed by atoms with van der Waals surface area (Å²) in [7, 11) is 0. The number of esters is 3. The van der Waals surface area contributed by atoms with E-state index < -0.39 is 82.3 Å². The molecule has 2 bridgehead atoms. The second kappa shape index (κ2) is 7.41. The lowest BCUT2D eigenvalue weighted by molar-refractivity contribution is -0.277. The molecule has 5 rings (SSSR count). The van der Waals surface area contributed by atoms with Crippen molar-refractivity contribution in [3.63, 3.8) is 0 Å². The summed E-state index contributed by atoms with van der Waals surface area (Å²) in [5.74, 6) is -3.09. The average Bonchev–Trinajstić information content (AvgIpc) is 3.32. The molecule has 9 nitrogen and oxygen atoms in total. The molecule has 188 valence electrons. The van der Waals surface area contributed by atoms with Crippen molar-refractivity contribution in [3.05, 3.63) is 12.2 Å². The van der Waals surface area contributed by atoms with Gasteiger partial charge in [-0.2, -0.15) is 0 Å². The van der Waals surface area contributed by atoms with Crippen molar-refractivity contribution >= 4 is 29.5 Å². The largest absolute Gasteiger partial charge is 0.462 e. The number of hydrogen-bond acceptors (Lipinski definition) is 9. The van der Waals surface area contributed by atoms with Gasteiger partial charge in [-0.15, -0.1) is 11.6 Å². The topological polar surface area (TPSA) is 121 Å². The van der Waals surface area contributed by atoms with Crippen molar-refractivity contribution < 1.29 is 43.2 Å². The van der Waals surface area contributed by atoms with Crippen molar-refractivity contribution in [1.29, 1.82) is 0 Å². The fourth-order valence-electron chi connectivity index (χ4n) is 7.21. The molecule has 0 aromatic rings. The molecule has 4 aliphatic heterocycles. The number of aliphatic hydroxyl groups is 1. The van der Waals surface area contributed by atoms with Gasteiger partial charge in [0.05, 0.1) is 40.6 Å². The van der Waals surface area contributed by atoms with Crippen LogP contribution in [0.1, 0.15) is 47.5 Å². The second-order valence-electron chi connectivity index (χ2n) is 10.8. The van der Waals surface area contributed by atoms with Crippen molar-refractivity contribution in [1.82, 2.24) is 0 Å². The summed E-state index contributed by atoms with van der Waals surface area (Å²) in [5.41, 5.74) is -2.88. The van der Waals surface area contributed by atoms with Crippen molar-refractivity contribution in [2.45, 2.75) is 101 Å². The zero-order valence-electron chi connectivity index (χ0n) is 19.9. The maximum Gasteiger partial charge on any atom is 0.312 e. The van der Waals surface area contributed by atoms with Crippen LogP contribution in [-0.4, -0.2) is 76.2 Å². The number of hydrogen-bond donors (Lipinski definition) is 1. The Kier molecular flexibility index (Phi) is 5.24. The van der Waals surface area contributed by atoms with E-state index in [1.807, 2.05) is 13.8 Å². The number of aliphatic hydroxyl groups excluding tert-OH is 1. The lowest BCUT2D eigenvalue weighted by atomic mass is 9.52. The number of rotatable bonds is 2. The van der Waals surface area contributed by atoms with E-state index in [9.17, 15) is 19.5 Å². The van der Waals surface area contributed by atoms with E-state index in [-0.39, 0.29) is 12.5 Å². The van der Waals surface area contributed by atoms with Crippen LogP contribution in [0.3, 0.4) is 0 Å². The Balaban J connectivity index is 1.73. The van der Waals surface area contributed by atoms with E-state index in [4.69, 9.17) is 35.3 Å². The first-order valence-electron chi connectivity index (χ1n) is 11.7. The van der Waals surface area contributed by atoms with Crippen LogP contribution in [0.25, 0.3) is 0 Å². The highest BCUT2D eigenvalue weighted by Gasteiger charge is 2.79. The van der Waals surface area contributed by atoms with Crippen LogP contribution in [0.2, 0.25) is 0 Å². The van der Waals surface area contributed by atoms with E-state index in [1.165, 1.54) is 13.8 Å². The molecule has 0 aromatic heterocycles. The molecule has 4 heterocycles. The Hall–Kier alpha value is -1.68. The van der Waals surface area contributed by atoms with Crippen LogP contribution < -0.4 is 0 Å². The van der Waals surface area contributed by atoms with Crippen molar-refractivity contribution in [3.8, 4) is 0 Å². The number of halogens is 1. The van der Waals surface area contributed by atoms with Gasteiger partial charge in [-0.05, 0) is 19.4 Å². The number of alkyl halides is 1. The first kappa shape index (κ1) is 24.0. The molecule has 1 N–H and O–H groups in total. The Morgan fingerprint density at radius 3 is 2.29 bits per heavy atom. The quantitative estimate of drug-likeness (QED) is 0.199. The normalized spacial score (nSPS) is 53.3. The number of epoxide rings is 1. The fourth-order valence-corrected chi connectivity index (χ4v) is 7.60. The molecule has 4 saturated heterocycles. The summed E-state index contributed by atoms with van der Waals surface area (Å²) in [6.07, 6.45) is -4.26. The Bertz CT molecular complexity index is 968. The molecule has 10 heteroatoms. The van der Waals surface area contributed by atoms with Gasteiger partial charge in [0.25, 0.3) is 0 Å². The molecule has 5 aliphatic rings. The maximum atomic E-state index is 12.8. The van der Waals surface area contributed by atoms with E-state index in [2.05, 4.69) is 6.58 Å². The molecule has 1 aliphatic carbocycles. The molecule has 0 amide bonds. The minimum Gasteiger partial charge on any atom is -0.462 e. The lowest BCUT2D eigenvalue weighted by Gasteiger charge is -2.60. The van der Waals surface area contributed by atoms with Crippen LogP contribution in [0.5, 0.6) is 0 Å². The summed E-state index contributed by atoms with van der Waals surface area (Å²) >= 11 is 6.75. The molecule has 1 saturated carbocycles. The summed E-state index contributed by atoms with van der Waals surface area (Å²) < 4.78 is 29.9. The van der Waals surface area contributed by atoms with E-state index in [1.54, 1.807) is 6.92 Å². The van der Waals surface area contributed by atoms with Crippen LogP contribution in [-0.2, 0) is 38.1 Å². The van der Waals surface area contributed by atoms with Crippen LogP contribution in [0, 0.1) is 17.3 Å². The summed E-state index contributed by atoms with van der Waals surface area (Å²) in [6.45, 7) is 12.1. The maximum absolute atomic E-state index is 12.8. The monoisotopic (exact) mass is 498 g/mol. The molecule has 12 atom stereocenters. The highest BCUT2D eigenvalue weighted by molar-refractivity contribution is 6.23. The van der Waals surface area contributed by atoms with E-state index >= 15 is 0 Å². The number of ether oxygens (including phenoxy) is 5. The summed E-state index contributed by atoms with van der Waals surface area (Å²) in [6, 6.07) is 0. The number of fused-ring (bicyclic) bond motifs is 4. The molecule has 34 heavy (non-hydrogen) atoms. The Labute approximate surface area is 203 Å². The highest BCUT2D eigenvalue weighted by atomic mass is 35.5. The minimum atomic E-state index is -1.47.